The zero-order valence-electron chi connectivity index (χ0n) is 9.71. The van der Waals surface area contributed by atoms with Gasteiger partial charge in [-0.25, -0.2) is 0 Å². The Labute approximate surface area is 83.5 Å². The van der Waals surface area contributed by atoms with Gasteiger partial charge < -0.3 is 10.6 Å². The number of nitrogens with zero attached hydrogens (tertiary/aromatic N) is 1. The molecule has 0 saturated carbocycles. The summed E-state index contributed by atoms with van der Waals surface area (Å²) in [5, 5.41) is 0. The Balaban J connectivity index is 3.79. The molecule has 2 nitrogen and oxygen atoms in total. The van der Waals surface area contributed by atoms with Crippen LogP contribution in [0.4, 0.5) is 0 Å². The smallest absolute Gasteiger partial charge is 0.00387 e. The van der Waals surface area contributed by atoms with Crippen molar-refractivity contribution in [3.05, 3.63) is 0 Å². The van der Waals surface area contributed by atoms with Crippen LogP contribution in [-0.4, -0.2) is 30.6 Å². The van der Waals surface area contributed by atoms with Crippen LogP contribution in [0, 0.1) is 5.92 Å². The van der Waals surface area contributed by atoms with Crippen LogP contribution in [-0.2, 0) is 0 Å². The average molecular weight is 186 g/mol. The van der Waals surface area contributed by atoms with Crippen molar-refractivity contribution >= 4 is 0 Å². The van der Waals surface area contributed by atoms with Crippen LogP contribution in [0.2, 0.25) is 0 Å². The monoisotopic (exact) mass is 186 g/mol. The predicted octanol–water partition coefficient (Wildman–Crippen LogP) is 2.09. The Morgan fingerprint density at radius 3 is 2.23 bits per heavy atom. The van der Waals surface area contributed by atoms with Crippen LogP contribution in [0.3, 0.4) is 0 Å². The molecule has 0 saturated heterocycles. The minimum absolute atomic E-state index is 0.653. The molecule has 0 aliphatic rings. The summed E-state index contributed by atoms with van der Waals surface area (Å²) in [6.07, 6.45) is 2.39. The fraction of sp³-hybridized carbons (Fsp3) is 1.00. The van der Waals surface area contributed by atoms with Crippen molar-refractivity contribution in [1.82, 2.24) is 4.90 Å². The van der Waals surface area contributed by atoms with Gasteiger partial charge in [0.15, 0.2) is 0 Å². The fourth-order valence-electron chi connectivity index (χ4n) is 1.38. The lowest BCUT2D eigenvalue weighted by Gasteiger charge is -2.28. The highest BCUT2D eigenvalue weighted by molar-refractivity contribution is 4.66. The minimum Gasteiger partial charge on any atom is -0.330 e. The first-order valence-electron chi connectivity index (χ1n) is 5.55. The molecule has 1 unspecified atom stereocenters. The average Bonchev–Trinajstić information content (AvgIpc) is 2.11. The lowest BCUT2D eigenvalue weighted by atomic mass is 10.1. The maximum atomic E-state index is 5.51. The van der Waals surface area contributed by atoms with Gasteiger partial charge in [-0.05, 0) is 39.3 Å². The summed E-state index contributed by atoms with van der Waals surface area (Å²) in [7, 11) is 0. The van der Waals surface area contributed by atoms with Crippen molar-refractivity contribution in [2.45, 2.75) is 46.6 Å². The highest BCUT2D eigenvalue weighted by Gasteiger charge is 2.11. The molecule has 0 spiro atoms. The molecule has 0 radical (unpaired) electrons. The van der Waals surface area contributed by atoms with Gasteiger partial charge in [0.25, 0.3) is 0 Å². The molecule has 0 aliphatic heterocycles. The molecule has 0 aromatic heterocycles. The molecule has 0 bridgehead atoms. The van der Waals surface area contributed by atoms with E-state index >= 15 is 0 Å². The molecule has 0 heterocycles. The van der Waals surface area contributed by atoms with Gasteiger partial charge >= 0.3 is 0 Å². The zero-order valence-corrected chi connectivity index (χ0v) is 9.71. The molecular formula is C11H26N2. The van der Waals surface area contributed by atoms with Crippen molar-refractivity contribution in [3.8, 4) is 0 Å². The molecule has 1 atom stereocenters. The highest BCUT2D eigenvalue weighted by atomic mass is 15.1. The van der Waals surface area contributed by atoms with Crippen molar-refractivity contribution in [2.75, 3.05) is 19.6 Å². The summed E-state index contributed by atoms with van der Waals surface area (Å²) >= 11 is 0. The normalized spacial score (nSPS) is 14.1. The minimum atomic E-state index is 0.653. The molecular weight excluding hydrogens is 160 g/mol. The van der Waals surface area contributed by atoms with E-state index in [1.807, 2.05) is 0 Å². The molecule has 80 valence electrons. The van der Waals surface area contributed by atoms with Crippen LogP contribution >= 0.6 is 0 Å². The highest BCUT2D eigenvalue weighted by Crippen LogP contribution is 2.07. The molecule has 0 aliphatic carbocycles. The van der Waals surface area contributed by atoms with E-state index in [0.717, 1.165) is 25.4 Å². The van der Waals surface area contributed by atoms with Gasteiger partial charge in [-0.1, -0.05) is 20.3 Å². The summed E-state index contributed by atoms with van der Waals surface area (Å²) in [6, 6.07) is 0.653. The second-order valence-corrected chi connectivity index (χ2v) is 4.24. The van der Waals surface area contributed by atoms with Crippen LogP contribution in [0.1, 0.15) is 40.5 Å². The molecule has 0 aromatic rings. The second kappa shape index (κ2) is 7.34. The van der Waals surface area contributed by atoms with Gasteiger partial charge in [0.05, 0.1) is 0 Å². The summed E-state index contributed by atoms with van der Waals surface area (Å²) in [6.45, 7) is 12.3. The Bertz CT molecular complexity index is 113. The van der Waals surface area contributed by atoms with E-state index in [0.29, 0.717) is 6.04 Å². The first kappa shape index (κ1) is 12.9. The molecule has 0 amide bonds. The van der Waals surface area contributed by atoms with Crippen LogP contribution in [0.5, 0.6) is 0 Å². The lowest BCUT2D eigenvalue weighted by molar-refractivity contribution is 0.189. The quantitative estimate of drug-likeness (QED) is 0.659. The molecule has 0 rings (SSSR count). The molecule has 13 heavy (non-hydrogen) atoms. The van der Waals surface area contributed by atoms with Crippen LogP contribution in [0.25, 0.3) is 0 Å². The lowest BCUT2D eigenvalue weighted by Crippen LogP contribution is -2.36. The number of rotatable bonds is 7. The van der Waals surface area contributed by atoms with E-state index in [9.17, 15) is 0 Å². The number of hydrogen-bond acceptors (Lipinski definition) is 2. The maximum absolute atomic E-state index is 5.51. The number of nitrogens with two attached hydrogens (primary N) is 1. The molecule has 2 heteroatoms. The second-order valence-electron chi connectivity index (χ2n) is 4.24. The molecule has 0 fully saturated rings. The predicted molar refractivity (Wildman–Crippen MR) is 59.8 cm³/mol. The van der Waals surface area contributed by atoms with Crippen molar-refractivity contribution in [1.29, 1.82) is 0 Å². The first-order valence-corrected chi connectivity index (χ1v) is 5.55. The summed E-state index contributed by atoms with van der Waals surface area (Å²) in [4.78, 5) is 2.53. The SMILES string of the molecule is CCC(C)CN(CCCN)C(C)C. The van der Waals surface area contributed by atoms with E-state index < -0.39 is 0 Å². The van der Waals surface area contributed by atoms with Gasteiger partial charge in [-0.15, -0.1) is 0 Å². The van der Waals surface area contributed by atoms with Crippen molar-refractivity contribution < 1.29 is 0 Å². The van der Waals surface area contributed by atoms with Gasteiger partial charge in [-0.2, -0.15) is 0 Å². The van der Waals surface area contributed by atoms with Gasteiger partial charge in [-0.3, -0.25) is 0 Å². The Morgan fingerprint density at radius 1 is 1.23 bits per heavy atom. The van der Waals surface area contributed by atoms with Gasteiger partial charge in [0.1, 0.15) is 0 Å². The summed E-state index contributed by atoms with van der Waals surface area (Å²) < 4.78 is 0. The molecule has 2 N–H and O–H groups in total. The third-order valence-electron chi connectivity index (χ3n) is 2.62. The Hall–Kier alpha value is -0.0800. The fourth-order valence-corrected chi connectivity index (χ4v) is 1.38. The third kappa shape index (κ3) is 6.05. The van der Waals surface area contributed by atoms with E-state index in [-0.39, 0.29) is 0 Å². The number of hydrogen-bond donors (Lipinski definition) is 1. The Morgan fingerprint density at radius 2 is 1.85 bits per heavy atom. The summed E-state index contributed by atoms with van der Waals surface area (Å²) in [5.74, 6) is 0.806. The topological polar surface area (TPSA) is 29.3 Å². The summed E-state index contributed by atoms with van der Waals surface area (Å²) in [5.41, 5.74) is 5.51. The molecule has 0 aromatic carbocycles. The Kier molecular flexibility index (Phi) is 7.29. The van der Waals surface area contributed by atoms with Crippen molar-refractivity contribution in [3.63, 3.8) is 0 Å². The van der Waals surface area contributed by atoms with E-state index in [2.05, 4.69) is 32.6 Å². The van der Waals surface area contributed by atoms with Crippen molar-refractivity contribution in [2.24, 2.45) is 11.7 Å². The standard InChI is InChI=1S/C11H26N2/c1-5-11(4)9-13(10(2)3)8-6-7-12/h10-11H,5-9,12H2,1-4H3. The van der Waals surface area contributed by atoms with E-state index in [1.54, 1.807) is 0 Å². The largest absolute Gasteiger partial charge is 0.330 e. The van der Waals surface area contributed by atoms with Crippen LogP contribution < -0.4 is 5.73 Å². The van der Waals surface area contributed by atoms with Crippen LogP contribution in [0.15, 0.2) is 0 Å². The maximum Gasteiger partial charge on any atom is 0.00387 e. The zero-order chi connectivity index (χ0) is 10.3. The first-order chi connectivity index (χ1) is 6.11. The van der Waals surface area contributed by atoms with Gasteiger partial charge in [0.2, 0.25) is 0 Å². The third-order valence-corrected chi connectivity index (χ3v) is 2.62. The van der Waals surface area contributed by atoms with E-state index in [1.165, 1.54) is 13.0 Å². The van der Waals surface area contributed by atoms with E-state index in [4.69, 9.17) is 5.73 Å². The van der Waals surface area contributed by atoms with Gasteiger partial charge in [0, 0.05) is 12.6 Å².